The summed E-state index contributed by atoms with van der Waals surface area (Å²) in [6.45, 7) is 7.72. The molecule has 1 aliphatic heterocycles. The molecule has 102 valence electrons. The molecule has 0 atom stereocenters. The van der Waals surface area contributed by atoms with Crippen molar-refractivity contribution in [3.63, 3.8) is 0 Å². The molecule has 17 heavy (non-hydrogen) atoms. The quantitative estimate of drug-likeness (QED) is 0.732. The van der Waals surface area contributed by atoms with Crippen LogP contribution in [0, 0.1) is 0 Å². The van der Waals surface area contributed by atoms with E-state index >= 15 is 0 Å². The van der Waals surface area contributed by atoms with Crippen LogP contribution in [0.3, 0.4) is 0 Å². The molecule has 0 saturated carbocycles. The highest BCUT2D eigenvalue weighted by molar-refractivity contribution is 5.51. The Hall–Kier alpha value is -0.530. The van der Waals surface area contributed by atoms with Crippen LogP contribution in [0.5, 0.6) is 0 Å². The second-order valence-electron chi connectivity index (χ2n) is 3.54. The van der Waals surface area contributed by atoms with Crippen LogP contribution >= 0.6 is 0 Å². The molecule has 0 aromatic heterocycles. The molecule has 0 amide bonds. The van der Waals surface area contributed by atoms with E-state index in [4.69, 9.17) is 18.9 Å². The van der Waals surface area contributed by atoms with Gasteiger partial charge in [-0.15, -0.1) is 0 Å². The molecule has 0 bridgehead atoms. The molecule has 6 heteroatoms. The van der Waals surface area contributed by atoms with Crippen molar-refractivity contribution in [3.8, 4) is 0 Å². The van der Waals surface area contributed by atoms with Crippen molar-refractivity contribution in [2.24, 2.45) is 0 Å². The van der Waals surface area contributed by atoms with E-state index in [0.29, 0.717) is 6.54 Å². The molecule has 1 fully saturated rings. The predicted molar refractivity (Wildman–Crippen MR) is 62.2 cm³/mol. The molecule has 1 rings (SSSR count). The minimum atomic E-state index is -0.289. The maximum absolute atomic E-state index is 9.34. The summed E-state index contributed by atoms with van der Waals surface area (Å²) in [7, 11) is 1.73. The minimum absolute atomic E-state index is 0.289. The molecule has 0 unspecified atom stereocenters. The lowest BCUT2D eigenvalue weighted by atomic mass is 10.6. The zero-order chi connectivity index (χ0) is 13.3. The highest BCUT2D eigenvalue weighted by atomic mass is 16.9. The van der Waals surface area contributed by atoms with Crippen molar-refractivity contribution in [1.82, 2.24) is 5.32 Å². The molecule has 1 heterocycles. The Morgan fingerprint density at radius 2 is 1.18 bits per heavy atom. The smallest absolute Gasteiger partial charge is 0.161 e. The molecule has 6 nitrogen and oxygen atoms in total. The van der Waals surface area contributed by atoms with Crippen LogP contribution in [0.2, 0.25) is 0 Å². The Morgan fingerprint density at radius 1 is 0.882 bits per heavy atom. The van der Waals surface area contributed by atoms with Crippen LogP contribution in [-0.2, 0) is 23.7 Å². The first-order valence-corrected chi connectivity index (χ1v) is 5.69. The molecule has 1 aliphatic rings. The first-order valence-electron chi connectivity index (χ1n) is 5.69. The van der Waals surface area contributed by atoms with Gasteiger partial charge < -0.3 is 29.1 Å². The third-order valence-corrected chi connectivity index (χ3v) is 1.82. The van der Waals surface area contributed by atoms with Gasteiger partial charge in [-0.2, -0.15) is 0 Å². The number of rotatable bonds is 2. The van der Waals surface area contributed by atoms with Crippen molar-refractivity contribution in [2.75, 3.05) is 13.6 Å². The number of nitrogens with one attached hydrogen (secondary N) is 1. The second kappa shape index (κ2) is 9.49. The van der Waals surface area contributed by atoms with E-state index in [1.54, 1.807) is 7.05 Å². The SMILES string of the molecule is CC1OC(C)OC(C)OC(C)O1.CNCC=O. The van der Waals surface area contributed by atoms with Gasteiger partial charge in [0.15, 0.2) is 25.2 Å². The largest absolute Gasteiger partial charge is 0.324 e. The van der Waals surface area contributed by atoms with Crippen LogP contribution in [-0.4, -0.2) is 45.0 Å². The summed E-state index contributed by atoms with van der Waals surface area (Å²) in [5, 5.41) is 2.65. The second-order valence-corrected chi connectivity index (χ2v) is 3.54. The normalized spacial score (nSPS) is 33.9. The van der Waals surface area contributed by atoms with Gasteiger partial charge in [-0.25, -0.2) is 0 Å². The van der Waals surface area contributed by atoms with Gasteiger partial charge in [0, 0.05) is 0 Å². The van der Waals surface area contributed by atoms with Crippen LogP contribution < -0.4 is 5.32 Å². The maximum atomic E-state index is 9.34. The van der Waals surface area contributed by atoms with E-state index in [2.05, 4.69) is 5.32 Å². The summed E-state index contributed by atoms with van der Waals surface area (Å²) in [6.07, 6.45) is -0.338. The maximum Gasteiger partial charge on any atom is 0.161 e. The molecule has 1 N–H and O–H groups in total. The zero-order valence-electron chi connectivity index (χ0n) is 11.1. The highest BCUT2D eigenvalue weighted by Crippen LogP contribution is 2.13. The van der Waals surface area contributed by atoms with Gasteiger partial charge in [-0.3, -0.25) is 0 Å². The Labute approximate surface area is 103 Å². The summed E-state index contributed by atoms with van der Waals surface area (Å²) < 4.78 is 21.2. The Bertz CT molecular complexity index is 162. The van der Waals surface area contributed by atoms with E-state index in [9.17, 15) is 4.79 Å². The first kappa shape index (κ1) is 16.5. The number of ether oxygens (including phenoxy) is 4. The molecular formula is C11H23NO5. The molecular weight excluding hydrogens is 226 g/mol. The van der Waals surface area contributed by atoms with Gasteiger partial charge in [0.25, 0.3) is 0 Å². The molecule has 0 spiro atoms. The standard InChI is InChI=1S/C8H16O4.C3H7NO/c1-5-9-6(2)11-8(4)12-7(3)10-5;1-4-2-3-5/h5-8H,1-4H3;3-4H,2H2,1H3. The highest BCUT2D eigenvalue weighted by Gasteiger charge is 2.21. The summed E-state index contributed by atoms with van der Waals surface area (Å²) in [4.78, 5) is 9.34. The number of hydrogen-bond acceptors (Lipinski definition) is 6. The van der Waals surface area contributed by atoms with E-state index in [-0.39, 0.29) is 25.2 Å². The molecule has 1 saturated heterocycles. The lowest BCUT2D eigenvalue weighted by molar-refractivity contribution is -0.367. The molecule has 0 radical (unpaired) electrons. The third-order valence-electron chi connectivity index (χ3n) is 1.82. The number of carbonyl (C=O) groups is 1. The lowest BCUT2D eigenvalue weighted by Gasteiger charge is -2.30. The van der Waals surface area contributed by atoms with Crippen LogP contribution in [0.15, 0.2) is 0 Å². The van der Waals surface area contributed by atoms with Crippen molar-refractivity contribution >= 4 is 6.29 Å². The van der Waals surface area contributed by atoms with Crippen molar-refractivity contribution < 1.29 is 23.7 Å². The minimum Gasteiger partial charge on any atom is -0.324 e. The number of carbonyl (C=O) groups excluding carboxylic acids is 1. The van der Waals surface area contributed by atoms with Gasteiger partial charge in [0.05, 0.1) is 6.54 Å². The van der Waals surface area contributed by atoms with Crippen molar-refractivity contribution in [1.29, 1.82) is 0 Å². The zero-order valence-corrected chi connectivity index (χ0v) is 11.1. The average Bonchev–Trinajstić information content (AvgIpc) is 2.16. The van der Waals surface area contributed by atoms with Crippen LogP contribution in [0.4, 0.5) is 0 Å². The predicted octanol–water partition coefficient (Wildman–Crippen LogP) is 0.855. The summed E-state index contributed by atoms with van der Waals surface area (Å²) in [5.41, 5.74) is 0. The summed E-state index contributed by atoms with van der Waals surface area (Å²) in [5.74, 6) is 0. The number of hydrogen-bond donors (Lipinski definition) is 1. The van der Waals surface area contributed by atoms with Crippen LogP contribution in [0.25, 0.3) is 0 Å². The third kappa shape index (κ3) is 9.20. The van der Waals surface area contributed by atoms with E-state index in [1.807, 2.05) is 27.7 Å². The molecule has 0 aliphatic carbocycles. The molecule has 0 aromatic carbocycles. The fraction of sp³-hybridized carbons (Fsp3) is 0.909. The molecule has 0 aromatic rings. The van der Waals surface area contributed by atoms with E-state index in [0.717, 1.165) is 6.29 Å². The van der Waals surface area contributed by atoms with E-state index < -0.39 is 0 Å². The van der Waals surface area contributed by atoms with Gasteiger partial charge in [0.1, 0.15) is 6.29 Å². The van der Waals surface area contributed by atoms with Gasteiger partial charge in [-0.1, -0.05) is 0 Å². The lowest BCUT2D eigenvalue weighted by Crippen LogP contribution is -2.35. The van der Waals surface area contributed by atoms with Crippen molar-refractivity contribution in [3.05, 3.63) is 0 Å². The van der Waals surface area contributed by atoms with Crippen molar-refractivity contribution in [2.45, 2.75) is 52.9 Å². The Morgan fingerprint density at radius 3 is 1.29 bits per heavy atom. The Balaban J connectivity index is 0.000000437. The van der Waals surface area contributed by atoms with Gasteiger partial charge in [0.2, 0.25) is 0 Å². The fourth-order valence-electron chi connectivity index (χ4n) is 1.29. The monoisotopic (exact) mass is 249 g/mol. The number of aldehydes is 1. The average molecular weight is 249 g/mol. The summed E-state index contributed by atoms with van der Waals surface area (Å²) >= 11 is 0. The summed E-state index contributed by atoms with van der Waals surface area (Å²) in [6, 6.07) is 0. The Kier molecular flexibility index (Phi) is 9.20. The first-order chi connectivity index (χ1) is 7.99. The topological polar surface area (TPSA) is 66.0 Å². The van der Waals surface area contributed by atoms with Crippen LogP contribution in [0.1, 0.15) is 27.7 Å². The van der Waals surface area contributed by atoms with Gasteiger partial charge in [-0.05, 0) is 34.7 Å². The fourth-order valence-corrected chi connectivity index (χ4v) is 1.29. The van der Waals surface area contributed by atoms with E-state index in [1.165, 1.54) is 0 Å². The number of likely N-dealkylation sites (N-methyl/N-ethyl adjacent to an activating group) is 1. The van der Waals surface area contributed by atoms with Gasteiger partial charge >= 0.3 is 0 Å².